The van der Waals surface area contributed by atoms with Crippen LogP contribution in [0.25, 0.3) is 0 Å². The second-order valence-corrected chi connectivity index (χ2v) is 11.5. The summed E-state index contributed by atoms with van der Waals surface area (Å²) in [6.07, 6.45) is 11.4. The first-order valence-electron chi connectivity index (χ1n) is 12.2. The van der Waals surface area contributed by atoms with Gasteiger partial charge in [0.2, 0.25) is 0 Å². The fourth-order valence-corrected chi connectivity index (χ4v) is 2.38. The molecule has 9 heteroatoms. The average molecular weight is 603 g/mol. The molecule has 0 aliphatic heterocycles. The number of carboxylic acid groups (broad SMARTS) is 2. The molecule has 0 radical (unpaired) electrons. The van der Waals surface area contributed by atoms with Crippen LogP contribution in [0.2, 0.25) is 9.88 Å². The van der Waals surface area contributed by atoms with E-state index in [0.717, 1.165) is 50.7 Å². The number of esters is 2. The monoisotopic (exact) mass is 604 g/mol. The van der Waals surface area contributed by atoms with Crippen molar-refractivity contribution >= 4 is 45.0 Å². The van der Waals surface area contributed by atoms with Crippen molar-refractivity contribution in [3.8, 4) is 0 Å². The van der Waals surface area contributed by atoms with Crippen molar-refractivity contribution in [2.24, 2.45) is 11.8 Å². The number of aliphatic carboxylic acids is 2. The fourth-order valence-electron chi connectivity index (χ4n) is 2.38. The molecule has 0 saturated carbocycles. The summed E-state index contributed by atoms with van der Waals surface area (Å²) < 4.78 is 9.57. The van der Waals surface area contributed by atoms with E-state index in [1.54, 1.807) is 0 Å². The van der Waals surface area contributed by atoms with Gasteiger partial charge in [-0.2, -0.15) is 0 Å². The first kappa shape index (κ1) is 37.7. The molecule has 0 saturated heterocycles. The Bertz CT molecular complexity index is 560. The van der Waals surface area contributed by atoms with E-state index < -0.39 is 23.9 Å². The number of carbonyl (C=O) groups excluding carboxylic acids is 4. The van der Waals surface area contributed by atoms with E-state index in [1.807, 2.05) is 0 Å². The van der Waals surface area contributed by atoms with Gasteiger partial charge in [-0.25, -0.2) is 9.59 Å². The second kappa shape index (κ2) is 28.4. The molecule has 0 bridgehead atoms. The topological polar surface area (TPSA) is 133 Å². The number of hydrogen-bond acceptors (Lipinski definition) is 8. The molecule has 0 fully saturated rings. The van der Waals surface area contributed by atoms with Crippen LogP contribution in [-0.2, 0) is 28.7 Å². The molecule has 0 unspecified atom stereocenters. The molecule has 0 amide bonds. The summed E-state index contributed by atoms with van der Waals surface area (Å²) >= 11 is 0.230. The number of carbonyl (C=O) groups is 4. The maximum absolute atomic E-state index is 10.9. The predicted octanol–water partition coefficient (Wildman–Crippen LogP) is 2.89. The molecule has 0 aromatic rings. The van der Waals surface area contributed by atoms with Gasteiger partial charge in [-0.15, -0.1) is 0 Å². The molecule has 200 valence electrons. The summed E-state index contributed by atoms with van der Waals surface area (Å²) in [5.41, 5.74) is 0. The van der Waals surface area contributed by atoms with Gasteiger partial charge in [0, 0.05) is 12.2 Å². The number of unbranched alkanes of at least 4 members (excludes halogenated alkanes) is 4. The standard InChI is InChI=1S/2C12H20O4.2CH3.Sn/c2*1-10(2)6-4-3-5-9-16-12(15)8-7-11(13)14;;;/h2*7-8,10H,3-6,9H2,1-2H3,(H,13,14);2*1H3;/q;;;;+2/p-2/b2*8-7-;;;. The van der Waals surface area contributed by atoms with Crippen LogP contribution in [0.4, 0.5) is 0 Å². The van der Waals surface area contributed by atoms with Crippen LogP contribution in [0.1, 0.15) is 79.1 Å². The number of ether oxygens (including phenoxy) is 2. The van der Waals surface area contributed by atoms with Gasteiger partial charge in [0.1, 0.15) is 0 Å². The zero-order valence-corrected chi connectivity index (χ0v) is 25.2. The van der Waals surface area contributed by atoms with Gasteiger partial charge < -0.3 is 29.3 Å². The van der Waals surface area contributed by atoms with E-state index in [1.165, 1.54) is 12.8 Å². The number of hydrogen-bond donors (Lipinski definition) is 0. The Kier molecular flexibility index (Phi) is 30.6. The van der Waals surface area contributed by atoms with Crippen LogP contribution >= 0.6 is 0 Å². The van der Waals surface area contributed by atoms with Gasteiger partial charge in [-0.05, 0) is 36.8 Å². The van der Waals surface area contributed by atoms with Crippen molar-refractivity contribution < 1.29 is 38.9 Å². The Morgan fingerprint density at radius 2 is 0.943 bits per heavy atom. The van der Waals surface area contributed by atoms with Crippen molar-refractivity contribution in [2.75, 3.05) is 13.2 Å². The quantitative estimate of drug-likeness (QED) is 0.114. The molecule has 0 aromatic carbocycles. The molecule has 0 aliphatic carbocycles. The van der Waals surface area contributed by atoms with E-state index in [4.69, 9.17) is 9.47 Å². The summed E-state index contributed by atoms with van der Waals surface area (Å²) in [7, 11) is 0. The van der Waals surface area contributed by atoms with Crippen LogP contribution in [0.5, 0.6) is 0 Å². The number of rotatable bonds is 16. The van der Waals surface area contributed by atoms with Gasteiger partial charge in [0.25, 0.3) is 0 Å². The molecular weight excluding hydrogens is 559 g/mol. The van der Waals surface area contributed by atoms with Gasteiger partial charge >= 0.3 is 43.0 Å². The van der Waals surface area contributed by atoms with Crippen molar-refractivity contribution in [3.05, 3.63) is 24.3 Å². The molecular formula is C26H44O8Sn. The van der Waals surface area contributed by atoms with Crippen molar-refractivity contribution in [1.29, 1.82) is 0 Å². The maximum atomic E-state index is 10.9. The van der Waals surface area contributed by atoms with Crippen LogP contribution in [0.15, 0.2) is 24.3 Å². The Labute approximate surface area is 221 Å². The minimum atomic E-state index is -1.39. The summed E-state index contributed by atoms with van der Waals surface area (Å²) in [5.74, 6) is -2.65. The summed E-state index contributed by atoms with van der Waals surface area (Å²) in [4.78, 5) is 46.3. The molecule has 0 atom stereocenters. The second-order valence-electron chi connectivity index (χ2n) is 8.63. The van der Waals surface area contributed by atoms with Crippen molar-refractivity contribution in [2.45, 2.75) is 88.9 Å². The molecule has 35 heavy (non-hydrogen) atoms. The van der Waals surface area contributed by atoms with Gasteiger partial charge in [0.15, 0.2) is 0 Å². The minimum absolute atomic E-state index is 0.230. The Hall–Kier alpha value is -1.84. The molecule has 0 heterocycles. The van der Waals surface area contributed by atoms with Gasteiger partial charge in [-0.1, -0.05) is 66.2 Å². The third-order valence-electron chi connectivity index (χ3n) is 4.05. The van der Waals surface area contributed by atoms with E-state index in [9.17, 15) is 29.4 Å². The van der Waals surface area contributed by atoms with E-state index in [0.29, 0.717) is 37.2 Å². The Morgan fingerprint density at radius 1 is 0.629 bits per heavy atom. The predicted molar refractivity (Wildman–Crippen MR) is 134 cm³/mol. The normalized spacial score (nSPS) is 10.3. The van der Waals surface area contributed by atoms with Crippen molar-refractivity contribution in [3.63, 3.8) is 0 Å². The molecule has 0 spiro atoms. The van der Waals surface area contributed by atoms with Crippen LogP contribution in [0.3, 0.4) is 0 Å². The summed E-state index contributed by atoms with van der Waals surface area (Å²) in [6.45, 7) is 9.37. The van der Waals surface area contributed by atoms with Crippen LogP contribution in [-0.4, -0.2) is 58.2 Å². The van der Waals surface area contributed by atoms with Crippen LogP contribution in [0, 0.1) is 11.8 Å². The Morgan fingerprint density at radius 3 is 1.20 bits per heavy atom. The van der Waals surface area contributed by atoms with E-state index in [2.05, 4.69) is 37.6 Å². The molecule has 0 rings (SSSR count). The first-order valence-corrected chi connectivity index (χ1v) is 17.9. The third kappa shape index (κ3) is 42.7. The summed E-state index contributed by atoms with van der Waals surface area (Å²) in [6, 6.07) is 0. The fraction of sp³-hybridized carbons (Fsp3) is 0.692. The SMILES string of the molecule is CC(C)CCCCCOC(=O)/C=C\C(=O)[O-].CC(C)CCCCCOC(=O)/C=C\C(=O)[O-].[CH3][Sn+2][CH3]. The van der Waals surface area contributed by atoms with E-state index in [-0.39, 0.29) is 21.1 Å². The molecule has 8 nitrogen and oxygen atoms in total. The summed E-state index contributed by atoms with van der Waals surface area (Å²) in [5, 5.41) is 20.0. The van der Waals surface area contributed by atoms with E-state index >= 15 is 0 Å². The molecule has 0 aromatic heterocycles. The van der Waals surface area contributed by atoms with Gasteiger partial charge in [-0.3, -0.25) is 0 Å². The zero-order valence-electron chi connectivity index (χ0n) is 22.3. The first-order chi connectivity index (χ1) is 16.5. The zero-order chi connectivity index (χ0) is 27.5. The van der Waals surface area contributed by atoms with Crippen LogP contribution < -0.4 is 10.2 Å². The molecule has 0 aliphatic rings. The number of carboxylic acids is 2. The average Bonchev–Trinajstić information content (AvgIpc) is 2.76. The third-order valence-corrected chi connectivity index (χ3v) is 4.05. The molecule has 0 N–H and O–H groups in total. The van der Waals surface area contributed by atoms with Gasteiger partial charge in [0.05, 0.1) is 25.2 Å². The van der Waals surface area contributed by atoms with Crippen molar-refractivity contribution in [1.82, 2.24) is 0 Å². The Balaban J connectivity index is -0.000000525.